The minimum atomic E-state index is -0.0587. The molecule has 1 saturated heterocycles. The van der Waals surface area contributed by atoms with Crippen molar-refractivity contribution in [2.75, 3.05) is 26.7 Å². The number of carbonyl (C=O) groups excluding carboxylic acids is 1. The second-order valence-corrected chi connectivity index (χ2v) is 4.81. The molecule has 0 aromatic heterocycles. The number of likely N-dealkylation sites (tertiary alicyclic amines) is 1. The predicted octanol–water partition coefficient (Wildman–Crippen LogP) is 0.666. The van der Waals surface area contributed by atoms with Crippen LogP contribution in [-0.4, -0.2) is 54.5 Å². The van der Waals surface area contributed by atoms with Crippen molar-refractivity contribution in [1.29, 1.82) is 0 Å². The molecule has 0 aliphatic carbocycles. The Morgan fingerprint density at radius 3 is 2.38 bits per heavy atom. The topological polar surface area (TPSA) is 49.6 Å². The third kappa shape index (κ3) is 3.19. The summed E-state index contributed by atoms with van der Waals surface area (Å²) >= 11 is 0. The maximum atomic E-state index is 12.2. The van der Waals surface area contributed by atoms with Crippen LogP contribution in [0, 0.1) is 0 Å². The summed E-state index contributed by atoms with van der Waals surface area (Å²) in [7, 11) is 1.98. The van der Waals surface area contributed by atoms with E-state index in [1.165, 1.54) is 6.42 Å². The van der Waals surface area contributed by atoms with Crippen LogP contribution in [-0.2, 0) is 4.79 Å². The van der Waals surface area contributed by atoms with Gasteiger partial charge < -0.3 is 10.6 Å². The molecule has 0 aromatic rings. The standard InChI is InChI=1S/C12H25N3O/c1-10(9-13)14(3)11(2)12(16)15-7-5-4-6-8-15/h10-11H,4-9,13H2,1-3H3. The highest BCUT2D eigenvalue weighted by Gasteiger charge is 2.26. The van der Waals surface area contributed by atoms with Gasteiger partial charge in [0.25, 0.3) is 0 Å². The van der Waals surface area contributed by atoms with Crippen LogP contribution in [0.1, 0.15) is 33.1 Å². The first-order chi connectivity index (χ1) is 7.57. The minimum Gasteiger partial charge on any atom is -0.341 e. The van der Waals surface area contributed by atoms with E-state index < -0.39 is 0 Å². The summed E-state index contributed by atoms with van der Waals surface area (Å²) in [5.74, 6) is 0.252. The summed E-state index contributed by atoms with van der Waals surface area (Å²) in [5, 5.41) is 0. The van der Waals surface area contributed by atoms with E-state index in [2.05, 4.69) is 11.8 Å². The third-order valence-corrected chi connectivity index (χ3v) is 3.67. The van der Waals surface area contributed by atoms with Crippen molar-refractivity contribution in [3.63, 3.8) is 0 Å². The van der Waals surface area contributed by atoms with Crippen LogP contribution in [0.25, 0.3) is 0 Å². The first kappa shape index (κ1) is 13.5. The molecule has 1 aliphatic rings. The largest absolute Gasteiger partial charge is 0.341 e. The maximum Gasteiger partial charge on any atom is 0.239 e. The molecular formula is C12H25N3O. The molecule has 2 unspecified atom stereocenters. The van der Waals surface area contributed by atoms with Crippen molar-refractivity contribution in [1.82, 2.24) is 9.80 Å². The number of rotatable bonds is 4. The van der Waals surface area contributed by atoms with Crippen molar-refractivity contribution < 1.29 is 4.79 Å². The molecule has 2 atom stereocenters. The molecule has 2 N–H and O–H groups in total. The highest BCUT2D eigenvalue weighted by molar-refractivity contribution is 5.81. The van der Waals surface area contributed by atoms with Gasteiger partial charge in [0.15, 0.2) is 0 Å². The smallest absolute Gasteiger partial charge is 0.239 e. The highest BCUT2D eigenvalue weighted by Crippen LogP contribution is 2.12. The fraction of sp³-hybridized carbons (Fsp3) is 0.917. The van der Waals surface area contributed by atoms with Crippen LogP contribution in [0.2, 0.25) is 0 Å². The second-order valence-electron chi connectivity index (χ2n) is 4.81. The lowest BCUT2D eigenvalue weighted by Crippen LogP contribution is -2.51. The van der Waals surface area contributed by atoms with Gasteiger partial charge in [-0.15, -0.1) is 0 Å². The fourth-order valence-corrected chi connectivity index (χ4v) is 2.10. The van der Waals surface area contributed by atoms with E-state index in [0.29, 0.717) is 6.54 Å². The highest BCUT2D eigenvalue weighted by atomic mass is 16.2. The second kappa shape index (κ2) is 6.21. The number of amides is 1. The predicted molar refractivity (Wildman–Crippen MR) is 66.2 cm³/mol. The van der Waals surface area contributed by atoms with Gasteiger partial charge in [0.2, 0.25) is 5.91 Å². The molecule has 94 valence electrons. The Morgan fingerprint density at radius 2 is 1.88 bits per heavy atom. The summed E-state index contributed by atoms with van der Waals surface area (Å²) in [4.78, 5) is 16.3. The first-order valence-electron chi connectivity index (χ1n) is 6.28. The van der Waals surface area contributed by atoms with Gasteiger partial charge in [-0.2, -0.15) is 0 Å². The van der Waals surface area contributed by atoms with Gasteiger partial charge in [-0.1, -0.05) is 0 Å². The first-order valence-corrected chi connectivity index (χ1v) is 6.28. The van der Waals surface area contributed by atoms with Gasteiger partial charge in [0.1, 0.15) is 0 Å². The Hall–Kier alpha value is -0.610. The van der Waals surface area contributed by atoms with Crippen molar-refractivity contribution in [2.45, 2.75) is 45.2 Å². The number of likely N-dealkylation sites (N-methyl/N-ethyl adjacent to an activating group) is 1. The molecule has 1 heterocycles. The van der Waals surface area contributed by atoms with Gasteiger partial charge in [0, 0.05) is 25.7 Å². The third-order valence-electron chi connectivity index (χ3n) is 3.67. The molecule has 0 spiro atoms. The number of carbonyl (C=O) groups is 1. The molecule has 1 amide bonds. The Morgan fingerprint density at radius 1 is 1.31 bits per heavy atom. The quantitative estimate of drug-likeness (QED) is 0.768. The van der Waals surface area contributed by atoms with E-state index in [0.717, 1.165) is 25.9 Å². The molecule has 1 fully saturated rings. The summed E-state index contributed by atoms with van der Waals surface area (Å²) in [6, 6.07) is 0.195. The van der Waals surface area contributed by atoms with Crippen LogP contribution in [0.15, 0.2) is 0 Å². The van der Waals surface area contributed by atoms with Crippen LogP contribution >= 0.6 is 0 Å². The van der Waals surface area contributed by atoms with Crippen molar-refractivity contribution >= 4 is 5.91 Å². The number of hydrogen-bond donors (Lipinski definition) is 1. The molecular weight excluding hydrogens is 202 g/mol. The summed E-state index contributed by atoms with van der Waals surface area (Å²) in [6.45, 7) is 6.47. The number of hydrogen-bond acceptors (Lipinski definition) is 3. The van der Waals surface area contributed by atoms with E-state index >= 15 is 0 Å². The minimum absolute atomic E-state index is 0.0587. The van der Waals surface area contributed by atoms with Crippen molar-refractivity contribution in [3.05, 3.63) is 0 Å². The Kier molecular flexibility index (Phi) is 5.22. The summed E-state index contributed by atoms with van der Waals surface area (Å²) < 4.78 is 0. The zero-order valence-electron chi connectivity index (χ0n) is 10.8. The zero-order valence-corrected chi connectivity index (χ0v) is 10.8. The molecule has 4 heteroatoms. The van der Waals surface area contributed by atoms with E-state index in [-0.39, 0.29) is 18.0 Å². The van der Waals surface area contributed by atoms with Crippen LogP contribution < -0.4 is 5.73 Å². The summed E-state index contributed by atoms with van der Waals surface area (Å²) in [5.41, 5.74) is 5.62. The van der Waals surface area contributed by atoms with Gasteiger partial charge in [0.05, 0.1) is 6.04 Å². The Balaban J connectivity index is 2.51. The average molecular weight is 227 g/mol. The average Bonchev–Trinajstić information content (AvgIpc) is 2.36. The van der Waals surface area contributed by atoms with Gasteiger partial charge >= 0.3 is 0 Å². The van der Waals surface area contributed by atoms with E-state index in [4.69, 9.17) is 5.73 Å². The molecule has 0 aromatic carbocycles. The van der Waals surface area contributed by atoms with Gasteiger partial charge in [-0.25, -0.2) is 0 Å². The number of nitrogens with two attached hydrogens (primary N) is 1. The molecule has 0 radical (unpaired) electrons. The Bertz CT molecular complexity index is 226. The fourth-order valence-electron chi connectivity index (χ4n) is 2.10. The maximum absolute atomic E-state index is 12.2. The lowest BCUT2D eigenvalue weighted by Gasteiger charge is -2.35. The van der Waals surface area contributed by atoms with E-state index in [9.17, 15) is 4.79 Å². The number of piperidine rings is 1. The van der Waals surface area contributed by atoms with Crippen LogP contribution in [0.4, 0.5) is 0 Å². The van der Waals surface area contributed by atoms with E-state index in [1.807, 2.05) is 18.9 Å². The molecule has 16 heavy (non-hydrogen) atoms. The molecule has 4 nitrogen and oxygen atoms in total. The lowest BCUT2D eigenvalue weighted by molar-refractivity contribution is -0.137. The Labute approximate surface area is 98.8 Å². The van der Waals surface area contributed by atoms with Crippen LogP contribution in [0.5, 0.6) is 0 Å². The monoisotopic (exact) mass is 227 g/mol. The molecule has 1 aliphatic heterocycles. The normalized spacial score (nSPS) is 20.9. The van der Waals surface area contributed by atoms with Crippen molar-refractivity contribution in [2.24, 2.45) is 5.73 Å². The van der Waals surface area contributed by atoms with E-state index in [1.54, 1.807) is 0 Å². The molecule has 0 bridgehead atoms. The van der Waals surface area contributed by atoms with Crippen LogP contribution in [0.3, 0.4) is 0 Å². The van der Waals surface area contributed by atoms with Crippen molar-refractivity contribution in [3.8, 4) is 0 Å². The molecule has 0 saturated carbocycles. The van der Waals surface area contributed by atoms with Gasteiger partial charge in [-0.3, -0.25) is 9.69 Å². The summed E-state index contributed by atoms with van der Waals surface area (Å²) in [6.07, 6.45) is 3.55. The molecule has 1 rings (SSSR count). The lowest BCUT2D eigenvalue weighted by atomic mass is 10.1. The van der Waals surface area contributed by atoms with Gasteiger partial charge in [-0.05, 0) is 40.2 Å². The SMILES string of the molecule is CC(CN)N(C)C(C)C(=O)N1CCCCC1. The number of nitrogens with zero attached hydrogens (tertiary/aromatic N) is 2. The zero-order chi connectivity index (χ0) is 12.1.